The van der Waals surface area contributed by atoms with Crippen molar-refractivity contribution in [1.82, 2.24) is 39.0 Å². The number of rotatable bonds is 6. The second-order valence-corrected chi connectivity index (χ2v) is 16.6. The third kappa shape index (κ3) is 5.67. The third-order valence-electron chi connectivity index (χ3n) is 11.9. The average molecular weight is 825 g/mol. The lowest BCUT2D eigenvalue weighted by molar-refractivity contribution is 0.952. The lowest BCUT2D eigenvalue weighted by Gasteiger charge is -2.12. The van der Waals surface area contributed by atoms with Gasteiger partial charge in [0.1, 0.15) is 0 Å². The Labute approximate surface area is 364 Å². The molecule has 63 heavy (non-hydrogen) atoms. The fourth-order valence-electron chi connectivity index (χ4n) is 8.97. The van der Waals surface area contributed by atoms with Gasteiger partial charge in [-0.25, -0.2) is 9.97 Å². The number of aromatic nitrogens is 8. The first kappa shape index (κ1) is 35.4. The molecule has 0 spiro atoms. The lowest BCUT2D eigenvalue weighted by atomic mass is 10.1. The molecule has 0 saturated heterocycles. The summed E-state index contributed by atoms with van der Waals surface area (Å²) in [4.78, 5) is 31.1. The fraction of sp³-hybridized carbons (Fsp3) is 0. The summed E-state index contributed by atoms with van der Waals surface area (Å²) >= 11 is 1.81. The minimum Gasteiger partial charge on any atom is -0.278 e. The second kappa shape index (κ2) is 14.1. The predicted octanol–water partition coefficient (Wildman–Crippen LogP) is 13.3. The summed E-state index contributed by atoms with van der Waals surface area (Å²) in [6.07, 6.45) is 0. The van der Waals surface area contributed by atoms with E-state index in [2.05, 4.69) is 124 Å². The summed E-state index contributed by atoms with van der Waals surface area (Å²) in [6, 6.07) is 66.8. The van der Waals surface area contributed by atoms with Crippen molar-refractivity contribution < 1.29 is 0 Å². The zero-order valence-corrected chi connectivity index (χ0v) is 34.3. The van der Waals surface area contributed by atoms with Crippen LogP contribution < -0.4 is 0 Å². The highest BCUT2D eigenvalue weighted by Gasteiger charge is 2.23. The van der Waals surface area contributed by atoms with Gasteiger partial charge >= 0.3 is 0 Å². The molecule has 5 aromatic heterocycles. The summed E-state index contributed by atoms with van der Waals surface area (Å²) in [5, 5.41) is 6.86. The summed E-state index contributed by atoms with van der Waals surface area (Å²) in [5.41, 5.74) is 7.66. The molecule has 0 fully saturated rings. The maximum Gasteiger partial charge on any atom is 0.238 e. The van der Waals surface area contributed by atoms with Gasteiger partial charge in [-0.15, -0.1) is 11.3 Å². The molecule has 0 saturated carbocycles. The van der Waals surface area contributed by atoms with E-state index in [9.17, 15) is 0 Å². The minimum absolute atomic E-state index is 0.536. The molecule has 9 heteroatoms. The number of hydrogen-bond acceptors (Lipinski definition) is 7. The van der Waals surface area contributed by atoms with Crippen LogP contribution >= 0.6 is 11.3 Å². The van der Waals surface area contributed by atoms with Gasteiger partial charge in [-0.2, -0.15) is 19.9 Å². The summed E-state index contributed by atoms with van der Waals surface area (Å²) in [7, 11) is 0. The molecular weight excluding hydrogens is 793 g/mol. The van der Waals surface area contributed by atoms with Crippen LogP contribution in [0.3, 0.4) is 0 Å². The van der Waals surface area contributed by atoms with Crippen molar-refractivity contribution >= 4 is 75.1 Å². The Morgan fingerprint density at radius 2 is 0.746 bits per heavy atom. The molecule has 0 atom stereocenters. The van der Waals surface area contributed by atoms with Gasteiger partial charge in [-0.1, -0.05) is 158 Å². The standard InChI is InChI=1S/C54H32N8S/c1-4-16-33(17-5-1)49-55-50(34-18-6-2-7-19-34)58-53(57-49)61-43-25-13-11-23-38(43)42-32-36(28-31-45(42)61)52-56-51(35-20-8-3-9-21-35)59-54(60-52)62-44-26-14-10-22-37(44)40-29-30-41-39-24-12-15-27-46(39)63-48(41)47(40)62/h1-32H. The van der Waals surface area contributed by atoms with E-state index in [-0.39, 0.29) is 0 Å². The molecule has 0 unspecified atom stereocenters. The molecule has 0 radical (unpaired) electrons. The number of hydrogen-bond donors (Lipinski definition) is 0. The second-order valence-electron chi connectivity index (χ2n) is 15.5. The van der Waals surface area contributed by atoms with E-state index >= 15 is 0 Å². The smallest absolute Gasteiger partial charge is 0.238 e. The van der Waals surface area contributed by atoms with Crippen LogP contribution in [0.15, 0.2) is 194 Å². The maximum atomic E-state index is 5.38. The molecule has 0 aliphatic carbocycles. The lowest BCUT2D eigenvalue weighted by Crippen LogP contribution is -2.07. The quantitative estimate of drug-likeness (QED) is 0.166. The van der Waals surface area contributed by atoms with E-state index in [0.29, 0.717) is 35.2 Å². The average Bonchev–Trinajstić information content (AvgIpc) is 4.02. The van der Waals surface area contributed by atoms with Crippen LogP contribution in [0.2, 0.25) is 0 Å². The van der Waals surface area contributed by atoms with Crippen molar-refractivity contribution in [2.75, 3.05) is 0 Å². The van der Waals surface area contributed by atoms with Crippen LogP contribution in [-0.2, 0) is 0 Å². The topological polar surface area (TPSA) is 87.2 Å². The number of nitrogens with zero attached hydrogens (tertiary/aromatic N) is 8. The Balaban J connectivity index is 1.05. The van der Waals surface area contributed by atoms with Crippen molar-refractivity contribution in [2.24, 2.45) is 0 Å². The monoisotopic (exact) mass is 824 g/mol. The molecule has 0 amide bonds. The Morgan fingerprint density at radius 1 is 0.302 bits per heavy atom. The van der Waals surface area contributed by atoms with Crippen molar-refractivity contribution in [1.29, 1.82) is 0 Å². The first-order valence-electron chi connectivity index (χ1n) is 20.8. The van der Waals surface area contributed by atoms with E-state index in [1.165, 1.54) is 20.2 Å². The molecule has 0 aliphatic heterocycles. The van der Waals surface area contributed by atoms with Crippen LogP contribution in [0.25, 0.3) is 121 Å². The molecule has 13 rings (SSSR count). The predicted molar refractivity (Wildman–Crippen MR) is 257 cm³/mol. The largest absolute Gasteiger partial charge is 0.278 e. The molecule has 0 N–H and O–H groups in total. The molecular formula is C54H32N8S. The van der Waals surface area contributed by atoms with Gasteiger partial charge in [-0.3, -0.25) is 9.13 Å². The van der Waals surface area contributed by atoms with Crippen LogP contribution in [0, 0.1) is 0 Å². The van der Waals surface area contributed by atoms with E-state index in [4.69, 9.17) is 29.9 Å². The molecule has 8 aromatic carbocycles. The SMILES string of the molecule is c1ccc(-c2nc(-c3ccccc3)nc(-n3c4ccccc4c4cc(-c5nc(-c6ccccc6)nc(-n6c7ccccc7c7ccc8c9ccccc9sc8c76)n5)ccc43)n2)cc1. The zero-order chi connectivity index (χ0) is 41.4. The van der Waals surface area contributed by atoms with E-state index in [1.807, 2.05) is 90.2 Å². The summed E-state index contributed by atoms with van der Waals surface area (Å²) in [5.74, 6) is 3.47. The van der Waals surface area contributed by atoms with Crippen molar-refractivity contribution in [3.63, 3.8) is 0 Å². The molecule has 0 aliphatic rings. The fourth-order valence-corrected chi connectivity index (χ4v) is 10.2. The molecule has 0 bridgehead atoms. The highest BCUT2D eigenvalue weighted by Crippen LogP contribution is 2.43. The molecule has 8 nitrogen and oxygen atoms in total. The molecule has 294 valence electrons. The van der Waals surface area contributed by atoms with Crippen LogP contribution in [0.1, 0.15) is 0 Å². The van der Waals surface area contributed by atoms with E-state index in [0.717, 1.165) is 65.9 Å². The van der Waals surface area contributed by atoms with E-state index in [1.54, 1.807) is 0 Å². The van der Waals surface area contributed by atoms with Gasteiger partial charge in [0.05, 0.1) is 26.8 Å². The van der Waals surface area contributed by atoms with Crippen molar-refractivity contribution in [3.05, 3.63) is 194 Å². The number of thiophene rings is 1. The Hall–Kier alpha value is -8.40. The summed E-state index contributed by atoms with van der Waals surface area (Å²) in [6.45, 7) is 0. The van der Waals surface area contributed by atoms with Crippen molar-refractivity contribution in [2.45, 2.75) is 0 Å². The minimum atomic E-state index is 0.536. The summed E-state index contributed by atoms with van der Waals surface area (Å²) < 4.78 is 6.82. The normalized spacial score (nSPS) is 11.8. The third-order valence-corrected chi connectivity index (χ3v) is 13.0. The van der Waals surface area contributed by atoms with Gasteiger partial charge in [0.15, 0.2) is 23.3 Å². The first-order valence-corrected chi connectivity index (χ1v) is 21.6. The van der Waals surface area contributed by atoms with Gasteiger partial charge in [0, 0.05) is 59.3 Å². The van der Waals surface area contributed by atoms with Crippen LogP contribution in [0.5, 0.6) is 0 Å². The zero-order valence-electron chi connectivity index (χ0n) is 33.5. The van der Waals surface area contributed by atoms with Gasteiger partial charge in [-0.05, 0) is 36.4 Å². The number of benzene rings is 8. The number of fused-ring (bicyclic) bond motifs is 10. The molecule has 5 heterocycles. The van der Waals surface area contributed by atoms with E-state index < -0.39 is 0 Å². The maximum absolute atomic E-state index is 5.38. The van der Waals surface area contributed by atoms with Gasteiger partial charge < -0.3 is 0 Å². The first-order chi connectivity index (χ1) is 31.2. The van der Waals surface area contributed by atoms with Gasteiger partial charge in [0.25, 0.3) is 0 Å². The number of para-hydroxylation sites is 2. The Morgan fingerprint density at radius 3 is 1.35 bits per heavy atom. The van der Waals surface area contributed by atoms with Crippen molar-refractivity contribution in [3.8, 4) is 57.4 Å². The molecule has 13 aromatic rings. The Bertz CT molecular complexity index is 3850. The van der Waals surface area contributed by atoms with Gasteiger partial charge in [0.2, 0.25) is 11.9 Å². The van der Waals surface area contributed by atoms with Crippen LogP contribution in [0.4, 0.5) is 0 Å². The Kier molecular flexibility index (Phi) is 7.91. The van der Waals surface area contributed by atoms with Crippen LogP contribution in [-0.4, -0.2) is 39.0 Å². The highest BCUT2D eigenvalue weighted by atomic mass is 32.1. The highest BCUT2D eigenvalue weighted by molar-refractivity contribution is 7.26.